The van der Waals surface area contributed by atoms with E-state index in [1.165, 1.54) is 19.3 Å². The van der Waals surface area contributed by atoms with Gasteiger partial charge in [-0.1, -0.05) is 18.2 Å². The van der Waals surface area contributed by atoms with Crippen LogP contribution in [0.3, 0.4) is 0 Å². The van der Waals surface area contributed by atoms with E-state index in [9.17, 15) is 0 Å². The SMILES string of the molecule is CN(Cc1cnn(-c2ccccc2)n1)C1CCCNCC1.Cl. The molecule has 1 aromatic carbocycles. The van der Waals surface area contributed by atoms with Crippen LogP contribution in [0, 0.1) is 0 Å². The summed E-state index contributed by atoms with van der Waals surface area (Å²) in [5.41, 5.74) is 2.03. The van der Waals surface area contributed by atoms with Gasteiger partial charge in [0.2, 0.25) is 0 Å². The van der Waals surface area contributed by atoms with E-state index in [0.717, 1.165) is 31.0 Å². The van der Waals surface area contributed by atoms with Crippen molar-refractivity contribution in [1.29, 1.82) is 0 Å². The van der Waals surface area contributed by atoms with Gasteiger partial charge in [0, 0.05) is 12.6 Å². The summed E-state index contributed by atoms with van der Waals surface area (Å²) in [6.07, 6.45) is 5.60. The van der Waals surface area contributed by atoms with Crippen LogP contribution in [0.4, 0.5) is 0 Å². The molecule has 1 fully saturated rings. The Morgan fingerprint density at radius 2 is 2.05 bits per heavy atom. The van der Waals surface area contributed by atoms with Gasteiger partial charge in [-0.3, -0.25) is 4.90 Å². The zero-order valence-corrected chi connectivity index (χ0v) is 13.8. The lowest BCUT2D eigenvalue weighted by molar-refractivity contribution is 0.214. The second-order valence-electron chi connectivity index (χ2n) is 5.71. The van der Waals surface area contributed by atoms with Crippen molar-refractivity contribution in [2.75, 3.05) is 20.1 Å². The Morgan fingerprint density at radius 3 is 2.86 bits per heavy atom. The first kappa shape index (κ1) is 16.9. The first-order valence-corrected chi connectivity index (χ1v) is 7.70. The molecule has 0 saturated carbocycles. The zero-order valence-electron chi connectivity index (χ0n) is 13.0. The van der Waals surface area contributed by atoms with Gasteiger partial charge < -0.3 is 5.32 Å². The molecule has 1 saturated heterocycles. The molecule has 1 aliphatic heterocycles. The number of aromatic nitrogens is 3. The largest absolute Gasteiger partial charge is 0.317 e. The minimum absolute atomic E-state index is 0. The summed E-state index contributed by atoms with van der Waals surface area (Å²) in [4.78, 5) is 4.12. The molecule has 1 unspecified atom stereocenters. The van der Waals surface area contributed by atoms with Crippen LogP contribution in [0.1, 0.15) is 25.0 Å². The highest BCUT2D eigenvalue weighted by Gasteiger charge is 2.17. The number of nitrogens with one attached hydrogen (secondary N) is 1. The predicted molar refractivity (Wildman–Crippen MR) is 90.6 cm³/mol. The fourth-order valence-electron chi connectivity index (χ4n) is 2.88. The fraction of sp³-hybridized carbons (Fsp3) is 0.500. The quantitative estimate of drug-likeness (QED) is 0.938. The standard InChI is InChI=1S/C16H23N5.ClH/c1-20(15-8-5-10-17-11-9-15)13-14-12-18-21(19-14)16-6-3-2-4-7-16;/h2-4,6-7,12,15,17H,5,8-11,13H2,1H3;1H. The van der Waals surface area contributed by atoms with E-state index in [2.05, 4.69) is 27.5 Å². The molecule has 1 N–H and O–H groups in total. The smallest absolute Gasteiger partial charge is 0.0971 e. The highest BCUT2D eigenvalue weighted by atomic mass is 35.5. The van der Waals surface area contributed by atoms with Crippen LogP contribution < -0.4 is 5.32 Å². The van der Waals surface area contributed by atoms with Crippen LogP contribution in [0.25, 0.3) is 5.69 Å². The van der Waals surface area contributed by atoms with Crippen molar-refractivity contribution < 1.29 is 0 Å². The van der Waals surface area contributed by atoms with E-state index in [1.807, 2.05) is 36.5 Å². The van der Waals surface area contributed by atoms with Crippen molar-refractivity contribution in [3.8, 4) is 5.69 Å². The molecule has 5 nitrogen and oxygen atoms in total. The molecule has 0 bridgehead atoms. The number of hydrogen-bond donors (Lipinski definition) is 1. The Kier molecular flexibility index (Phi) is 6.36. The minimum Gasteiger partial charge on any atom is -0.317 e. The maximum atomic E-state index is 4.59. The first-order valence-electron chi connectivity index (χ1n) is 7.70. The summed E-state index contributed by atoms with van der Waals surface area (Å²) in [5, 5.41) is 12.4. The molecular weight excluding hydrogens is 298 g/mol. The third-order valence-electron chi connectivity index (χ3n) is 4.11. The van der Waals surface area contributed by atoms with Crippen molar-refractivity contribution in [2.45, 2.75) is 31.8 Å². The van der Waals surface area contributed by atoms with Crippen molar-refractivity contribution in [1.82, 2.24) is 25.2 Å². The van der Waals surface area contributed by atoms with Gasteiger partial charge in [0.05, 0.1) is 17.6 Å². The molecule has 6 heteroatoms. The van der Waals surface area contributed by atoms with E-state index in [0.29, 0.717) is 6.04 Å². The van der Waals surface area contributed by atoms with E-state index in [-0.39, 0.29) is 12.4 Å². The van der Waals surface area contributed by atoms with Gasteiger partial charge in [0.1, 0.15) is 0 Å². The number of hydrogen-bond acceptors (Lipinski definition) is 4. The molecule has 1 aromatic heterocycles. The third-order valence-corrected chi connectivity index (χ3v) is 4.11. The summed E-state index contributed by atoms with van der Waals surface area (Å²) >= 11 is 0. The summed E-state index contributed by atoms with van der Waals surface area (Å²) < 4.78 is 0. The van der Waals surface area contributed by atoms with Gasteiger partial charge in [-0.25, -0.2) is 0 Å². The minimum atomic E-state index is 0. The van der Waals surface area contributed by atoms with Crippen molar-refractivity contribution in [3.05, 3.63) is 42.2 Å². The number of rotatable bonds is 4. The molecule has 0 radical (unpaired) electrons. The Morgan fingerprint density at radius 1 is 1.23 bits per heavy atom. The van der Waals surface area contributed by atoms with E-state index in [4.69, 9.17) is 0 Å². The van der Waals surface area contributed by atoms with Crippen LogP contribution in [-0.2, 0) is 6.54 Å². The van der Waals surface area contributed by atoms with Crippen LogP contribution >= 0.6 is 12.4 Å². The van der Waals surface area contributed by atoms with Crippen LogP contribution in [-0.4, -0.2) is 46.1 Å². The fourth-order valence-corrected chi connectivity index (χ4v) is 2.88. The van der Waals surface area contributed by atoms with Crippen LogP contribution in [0.2, 0.25) is 0 Å². The molecule has 0 amide bonds. The summed E-state index contributed by atoms with van der Waals surface area (Å²) in [7, 11) is 2.19. The van der Waals surface area contributed by atoms with Crippen molar-refractivity contribution in [3.63, 3.8) is 0 Å². The Labute approximate surface area is 138 Å². The average molecular weight is 322 g/mol. The van der Waals surface area contributed by atoms with E-state index >= 15 is 0 Å². The molecule has 1 atom stereocenters. The first-order chi connectivity index (χ1) is 10.3. The molecule has 2 heterocycles. The van der Waals surface area contributed by atoms with Gasteiger partial charge in [0.25, 0.3) is 0 Å². The monoisotopic (exact) mass is 321 g/mol. The Balaban J connectivity index is 0.00000176. The summed E-state index contributed by atoms with van der Waals surface area (Å²) in [5.74, 6) is 0. The van der Waals surface area contributed by atoms with Gasteiger partial charge in [-0.05, 0) is 51.5 Å². The predicted octanol–water partition coefficient (Wildman–Crippen LogP) is 2.26. The highest BCUT2D eigenvalue weighted by molar-refractivity contribution is 5.85. The van der Waals surface area contributed by atoms with Crippen molar-refractivity contribution in [2.24, 2.45) is 0 Å². The molecule has 0 spiro atoms. The van der Waals surface area contributed by atoms with E-state index < -0.39 is 0 Å². The molecule has 3 rings (SSSR count). The lowest BCUT2D eigenvalue weighted by Crippen LogP contribution is -2.32. The molecule has 2 aromatic rings. The lowest BCUT2D eigenvalue weighted by atomic mass is 10.1. The second kappa shape index (κ2) is 8.27. The summed E-state index contributed by atoms with van der Waals surface area (Å²) in [6, 6.07) is 10.7. The molecule has 1 aliphatic rings. The number of para-hydroxylation sites is 1. The molecular formula is C16H24ClN5. The highest BCUT2D eigenvalue weighted by Crippen LogP contribution is 2.14. The molecule has 0 aliphatic carbocycles. The van der Waals surface area contributed by atoms with Crippen LogP contribution in [0.5, 0.6) is 0 Å². The van der Waals surface area contributed by atoms with Crippen LogP contribution in [0.15, 0.2) is 36.5 Å². The van der Waals surface area contributed by atoms with Crippen molar-refractivity contribution >= 4 is 12.4 Å². The number of halogens is 1. The Bertz CT molecular complexity index is 549. The number of benzene rings is 1. The Hall–Kier alpha value is -1.43. The van der Waals surface area contributed by atoms with Gasteiger partial charge >= 0.3 is 0 Å². The maximum absolute atomic E-state index is 4.59. The van der Waals surface area contributed by atoms with Gasteiger partial charge in [0.15, 0.2) is 0 Å². The normalized spacial score (nSPS) is 18.7. The molecule has 22 heavy (non-hydrogen) atoms. The second-order valence-corrected chi connectivity index (χ2v) is 5.71. The zero-order chi connectivity index (χ0) is 14.5. The average Bonchev–Trinajstić information content (AvgIpc) is 2.81. The van der Waals surface area contributed by atoms with Gasteiger partial charge in [-0.2, -0.15) is 15.0 Å². The summed E-state index contributed by atoms with van der Waals surface area (Å²) in [6.45, 7) is 3.12. The molecule has 120 valence electrons. The maximum Gasteiger partial charge on any atom is 0.0971 e. The lowest BCUT2D eigenvalue weighted by Gasteiger charge is -2.25. The number of nitrogens with zero attached hydrogens (tertiary/aromatic N) is 4. The van der Waals surface area contributed by atoms with E-state index in [1.54, 1.807) is 4.80 Å². The topological polar surface area (TPSA) is 46.0 Å². The third kappa shape index (κ3) is 4.29. The van der Waals surface area contributed by atoms with Gasteiger partial charge in [-0.15, -0.1) is 12.4 Å².